The summed E-state index contributed by atoms with van der Waals surface area (Å²) in [5, 5.41) is 8.71. The second kappa shape index (κ2) is 13.2. The molecule has 1 saturated heterocycles. The molecule has 4 rings (SSSR count). The van der Waals surface area contributed by atoms with Crippen molar-refractivity contribution in [3.63, 3.8) is 0 Å². The number of nitrogens with one attached hydrogen (secondary N) is 1. The smallest absolute Gasteiger partial charge is 0.128 e. The summed E-state index contributed by atoms with van der Waals surface area (Å²) in [4.78, 5) is 4.70. The molecule has 33 heavy (non-hydrogen) atoms. The van der Waals surface area contributed by atoms with Gasteiger partial charge in [0.25, 0.3) is 0 Å². The van der Waals surface area contributed by atoms with Gasteiger partial charge in [-0.1, -0.05) is 79.7 Å². The monoisotopic (exact) mass is 485 g/mol. The molecule has 3 aromatic rings. The van der Waals surface area contributed by atoms with E-state index in [2.05, 4.69) is 59.2 Å². The van der Waals surface area contributed by atoms with Gasteiger partial charge in [-0.05, 0) is 29.2 Å². The molecule has 1 fully saturated rings. The Morgan fingerprint density at radius 2 is 1.48 bits per heavy atom. The second-order valence-corrected chi connectivity index (χ2v) is 8.25. The third kappa shape index (κ3) is 7.50. The van der Waals surface area contributed by atoms with Crippen molar-refractivity contribution >= 4 is 30.6 Å². The zero-order valence-corrected chi connectivity index (χ0v) is 20.7. The highest BCUT2D eigenvalue weighted by atomic mass is 35.5. The van der Waals surface area contributed by atoms with Gasteiger partial charge in [-0.2, -0.15) is 0 Å². The maximum absolute atomic E-state index is 8.71. The number of halogens is 2. The molecule has 0 aromatic heterocycles. The lowest BCUT2D eigenvalue weighted by Gasteiger charge is -2.37. The van der Waals surface area contributed by atoms with Crippen molar-refractivity contribution in [3.8, 4) is 5.75 Å². The minimum absolute atomic E-state index is 0. The molecule has 1 aliphatic rings. The first-order valence-corrected chi connectivity index (χ1v) is 11.1. The zero-order chi connectivity index (χ0) is 21.5. The van der Waals surface area contributed by atoms with E-state index in [9.17, 15) is 0 Å². The fourth-order valence-electron chi connectivity index (χ4n) is 4.08. The quantitative estimate of drug-likeness (QED) is 0.336. The first-order valence-electron chi connectivity index (χ1n) is 11.1. The van der Waals surface area contributed by atoms with Gasteiger partial charge in [0, 0.05) is 38.3 Å². The molecule has 0 amide bonds. The van der Waals surface area contributed by atoms with Crippen LogP contribution in [-0.2, 0) is 6.61 Å². The van der Waals surface area contributed by atoms with E-state index < -0.39 is 0 Å². The summed E-state index contributed by atoms with van der Waals surface area (Å²) in [6.45, 7) is 7.65. The number of hydrogen-bond donors (Lipinski definition) is 1. The zero-order valence-electron chi connectivity index (χ0n) is 19.0. The van der Waals surface area contributed by atoms with Crippen LogP contribution in [-0.4, -0.2) is 48.4 Å². The number of benzene rings is 3. The lowest BCUT2D eigenvalue weighted by Crippen LogP contribution is -2.49. The van der Waals surface area contributed by atoms with E-state index >= 15 is 0 Å². The Morgan fingerprint density at radius 3 is 2.15 bits per heavy atom. The molecule has 1 N–H and O–H groups in total. The Bertz CT molecular complexity index is 977. The van der Waals surface area contributed by atoms with E-state index in [0.29, 0.717) is 18.4 Å². The summed E-state index contributed by atoms with van der Waals surface area (Å²) in [6, 6.07) is 28.8. The standard InChI is InChI=1S/C27H31N3O.2ClH/c1-22(24-11-6-3-7-12-24)20-29-15-17-30(18-16-29)27(28)25-13-8-14-26(19-25)31-21-23-9-4-2-5-10-23;;/h2-14,19,22,28H,15-18,20-21H2,1H3;2*1H. The van der Waals surface area contributed by atoms with Gasteiger partial charge in [0.2, 0.25) is 0 Å². The van der Waals surface area contributed by atoms with Crippen LogP contribution in [0.3, 0.4) is 0 Å². The number of ether oxygens (including phenoxy) is 1. The summed E-state index contributed by atoms with van der Waals surface area (Å²) in [6.07, 6.45) is 0. The molecule has 176 valence electrons. The van der Waals surface area contributed by atoms with Gasteiger partial charge in [0.05, 0.1) is 0 Å². The Balaban J connectivity index is 0.00000193. The van der Waals surface area contributed by atoms with Crippen LogP contribution in [0.4, 0.5) is 0 Å². The number of nitrogens with zero attached hydrogens (tertiary/aromatic N) is 2. The summed E-state index contributed by atoms with van der Waals surface area (Å²) in [7, 11) is 0. The molecule has 0 aliphatic carbocycles. The number of amidine groups is 1. The van der Waals surface area contributed by atoms with Gasteiger partial charge in [-0.25, -0.2) is 0 Å². The summed E-state index contributed by atoms with van der Waals surface area (Å²) in [5.74, 6) is 1.91. The average Bonchev–Trinajstić information content (AvgIpc) is 2.84. The van der Waals surface area contributed by atoms with Gasteiger partial charge in [0.1, 0.15) is 18.2 Å². The second-order valence-electron chi connectivity index (χ2n) is 8.25. The van der Waals surface area contributed by atoms with Crippen LogP contribution < -0.4 is 4.74 Å². The molecular formula is C27H33Cl2N3O. The van der Waals surface area contributed by atoms with Crippen LogP contribution in [0.1, 0.15) is 29.5 Å². The van der Waals surface area contributed by atoms with E-state index in [1.807, 2.05) is 42.5 Å². The minimum atomic E-state index is 0. The van der Waals surface area contributed by atoms with E-state index in [1.54, 1.807) is 0 Å². The topological polar surface area (TPSA) is 39.6 Å². The maximum atomic E-state index is 8.71. The highest BCUT2D eigenvalue weighted by Crippen LogP contribution is 2.19. The molecule has 1 unspecified atom stereocenters. The Hall–Kier alpha value is -2.53. The first kappa shape index (κ1) is 26.7. The molecule has 4 nitrogen and oxygen atoms in total. The van der Waals surface area contributed by atoms with Crippen LogP contribution in [0, 0.1) is 5.41 Å². The Morgan fingerprint density at radius 1 is 0.848 bits per heavy atom. The first-order chi connectivity index (χ1) is 15.2. The van der Waals surface area contributed by atoms with Crippen LogP contribution >= 0.6 is 24.8 Å². The highest BCUT2D eigenvalue weighted by Gasteiger charge is 2.21. The molecule has 0 radical (unpaired) electrons. The van der Waals surface area contributed by atoms with E-state index in [4.69, 9.17) is 10.1 Å². The molecule has 1 heterocycles. The third-order valence-corrected chi connectivity index (χ3v) is 5.94. The molecule has 1 atom stereocenters. The maximum Gasteiger partial charge on any atom is 0.128 e. The number of hydrogen-bond acceptors (Lipinski definition) is 3. The predicted molar refractivity (Wildman–Crippen MR) is 141 cm³/mol. The lowest BCUT2D eigenvalue weighted by atomic mass is 10.0. The normalized spacial score (nSPS) is 14.5. The van der Waals surface area contributed by atoms with Crippen molar-refractivity contribution in [1.29, 1.82) is 5.41 Å². The highest BCUT2D eigenvalue weighted by molar-refractivity contribution is 5.96. The van der Waals surface area contributed by atoms with Crippen LogP contribution in [0.5, 0.6) is 5.75 Å². The fourth-order valence-corrected chi connectivity index (χ4v) is 4.08. The molecule has 6 heteroatoms. The Labute approximate surface area is 209 Å². The van der Waals surface area contributed by atoms with Gasteiger partial charge < -0.3 is 9.64 Å². The number of piperazine rings is 1. The molecular weight excluding hydrogens is 453 g/mol. The number of rotatable bonds is 7. The van der Waals surface area contributed by atoms with Crippen molar-refractivity contribution in [1.82, 2.24) is 9.80 Å². The van der Waals surface area contributed by atoms with Crippen LogP contribution in [0.15, 0.2) is 84.9 Å². The molecule has 0 bridgehead atoms. The molecule has 0 saturated carbocycles. The predicted octanol–water partition coefficient (Wildman–Crippen LogP) is 5.86. The van der Waals surface area contributed by atoms with E-state index in [-0.39, 0.29) is 24.8 Å². The molecule has 0 spiro atoms. The van der Waals surface area contributed by atoms with Crippen molar-refractivity contribution < 1.29 is 4.74 Å². The lowest BCUT2D eigenvalue weighted by molar-refractivity contribution is 0.175. The van der Waals surface area contributed by atoms with Gasteiger partial charge >= 0.3 is 0 Å². The summed E-state index contributed by atoms with van der Waals surface area (Å²) < 4.78 is 5.95. The van der Waals surface area contributed by atoms with Crippen molar-refractivity contribution in [2.75, 3.05) is 32.7 Å². The fraction of sp³-hybridized carbons (Fsp3) is 0.296. The average molecular weight is 486 g/mol. The minimum Gasteiger partial charge on any atom is -0.489 e. The largest absolute Gasteiger partial charge is 0.489 e. The van der Waals surface area contributed by atoms with Crippen LogP contribution in [0.25, 0.3) is 0 Å². The Kier molecular flexibility index (Phi) is 10.7. The van der Waals surface area contributed by atoms with Crippen molar-refractivity contribution in [2.45, 2.75) is 19.4 Å². The van der Waals surface area contributed by atoms with Crippen molar-refractivity contribution in [2.24, 2.45) is 0 Å². The van der Waals surface area contributed by atoms with Crippen molar-refractivity contribution in [3.05, 3.63) is 102 Å². The van der Waals surface area contributed by atoms with Gasteiger partial charge in [-0.3, -0.25) is 10.3 Å². The molecule has 3 aromatic carbocycles. The van der Waals surface area contributed by atoms with Gasteiger partial charge in [0.15, 0.2) is 0 Å². The van der Waals surface area contributed by atoms with E-state index in [0.717, 1.165) is 49.6 Å². The summed E-state index contributed by atoms with van der Waals surface area (Å²) >= 11 is 0. The van der Waals surface area contributed by atoms with Crippen LogP contribution in [0.2, 0.25) is 0 Å². The third-order valence-electron chi connectivity index (χ3n) is 5.94. The molecule has 1 aliphatic heterocycles. The van der Waals surface area contributed by atoms with Gasteiger partial charge in [-0.15, -0.1) is 24.8 Å². The SMILES string of the molecule is CC(CN1CCN(C(=N)c2cccc(OCc3ccccc3)c2)CC1)c1ccccc1.Cl.Cl. The summed E-state index contributed by atoms with van der Waals surface area (Å²) in [5.41, 5.74) is 3.45. The van der Waals surface area contributed by atoms with E-state index in [1.165, 1.54) is 5.56 Å².